The Morgan fingerprint density at radius 2 is 1.00 bits per heavy atom. The number of rotatable bonds is 20. The molecule has 0 saturated heterocycles. The van der Waals surface area contributed by atoms with E-state index in [-0.39, 0.29) is 7.92 Å². The minimum Gasteiger partial charge on any atom is -0.295 e. The van der Waals surface area contributed by atoms with Crippen LogP contribution >= 0.6 is 7.92 Å². The predicted octanol–water partition coefficient (Wildman–Crippen LogP) is 8.85. The number of carbonyl (C=O) groups excluding carboxylic acids is 1. The summed E-state index contributed by atoms with van der Waals surface area (Å²) in [7, 11) is -0.351. The van der Waals surface area contributed by atoms with E-state index in [1.54, 1.807) is 0 Å². The van der Waals surface area contributed by atoms with Crippen molar-refractivity contribution in [2.24, 2.45) is 0 Å². The van der Waals surface area contributed by atoms with Gasteiger partial charge in [-0.25, -0.2) is 0 Å². The van der Waals surface area contributed by atoms with Crippen LogP contribution < -0.4 is 0 Å². The lowest BCUT2D eigenvalue weighted by molar-refractivity contribution is -0.111. The summed E-state index contributed by atoms with van der Waals surface area (Å²) < 4.78 is 0. The van der Waals surface area contributed by atoms with Crippen molar-refractivity contribution in [2.45, 2.75) is 122 Å². The first kappa shape index (κ1) is 25.8. The fourth-order valence-electron chi connectivity index (χ4n) is 3.28. The van der Waals surface area contributed by atoms with Crippen molar-refractivity contribution >= 4 is 13.4 Å². The summed E-state index contributed by atoms with van der Waals surface area (Å²) in [6, 6.07) is 0. The highest BCUT2D eigenvalue weighted by molar-refractivity contribution is 7.73. The maximum absolute atomic E-state index is 11.5. The highest BCUT2D eigenvalue weighted by Crippen LogP contribution is 2.28. The third kappa shape index (κ3) is 20.2. The van der Waals surface area contributed by atoms with Crippen LogP contribution in [0.25, 0.3) is 0 Å². The van der Waals surface area contributed by atoms with Crippen LogP contribution in [-0.2, 0) is 4.79 Å². The van der Waals surface area contributed by atoms with Crippen molar-refractivity contribution in [3.8, 4) is 0 Å². The second kappa shape index (κ2) is 21.1. The second-order valence-corrected chi connectivity index (χ2v) is 10.3. The molecular weight excluding hydrogens is 335 g/mol. The van der Waals surface area contributed by atoms with Crippen molar-refractivity contribution in [1.29, 1.82) is 0 Å². The van der Waals surface area contributed by atoms with Gasteiger partial charge >= 0.3 is 0 Å². The molecule has 0 aliphatic heterocycles. The Hall–Kier alpha value is -0.160. The molecule has 0 unspecified atom stereocenters. The zero-order valence-electron chi connectivity index (χ0n) is 18.2. The lowest BCUT2D eigenvalue weighted by Crippen LogP contribution is -1.93. The summed E-state index contributed by atoms with van der Waals surface area (Å²) in [5, 5.41) is 0. The maximum atomic E-state index is 11.5. The molecule has 0 atom stereocenters. The molecule has 0 aromatic carbocycles. The Labute approximate surface area is 166 Å². The molecule has 0 saturated carbocycles. The number of hydrogen-bond donors (Lipinski definition) is 0. The molecule has 0 fully saturated rings. The molecule has 2 heteroatoms. The molecule has 0 radical (unpaired) electrons. The molecule has 0 spiro atoms. The van der Waals surface area contributed by atoms with Crippen molar-refractivity contribution in [3.05, 3.63) is 12.2 Å². The third-order valence-electron chi connectivity index (χ3n) is 5.15. The first-order valence-corrected chi connectivity index (χ1v) is 13.8. The summed E-state index contributed by atoms with van der Waals surface area (Å²) in [6.45, 7) is 6.43. The van der Waals surface area contributed by atoms with Crippen molar-refractivity contribution in [2.75, 3.05) is 13.3 Å². The molecule has 0 aliphatic rings. The molecule has 0 amide bonds. The van der Waals surface area contributed by atoms with E-state index in [1.807, 2.05) is 0 Å². The van der Waals surface area contributed by atoms with Gasteiger partial charge in [0.2, 0.25) is 0 Å². The summed E-state index contributed by atoms with van der Waals surface area (Å²) in [5.41, 5.74) is 0.501. The lowest BCUT2D eigenvalue weighted by atomic mass is 10.1. The smallest absolute Gasteiger partial charge is 0.153 e. The molecule has 154 valence electrons. The zero-order chi connectivity index (χ0) is 19.3. The molecule has 0 aromatic rings. The molecule has 0 bridgehead atoms. The van der Waals surface area contributed by atoms with Gasteiger partial charge in [0.15, 0.2) is 5.52 Å². The number of unbranched alkanes of at least 4 members (excludes halogenated alkanes) is 15. The second-order valence-electron chi connectivity index (χ2n) is 8.04. The van der Waals surface area contributed by atoms with E-state index in [1.165, 1.54) is 103 Å². The first-order chi connectivity index (χ1) is 12.7. The van der Waals surface area contributed by atoms with E-state index in [9.17, 15) is 4.79 Å². The summed E-state index contributed by atoms with van der Waals surface area (Å²) in [5.74, 6) is 0. The van der Waals surface area contributed by atoms with Crippen LogP contribution in [0.2, 0.25) is 0 Å². The Balaban J connectivity index is 3.13. The number of hydrogen-bond acceptors (Lipinski definition) is 1. The predicted molar refractivity (Wildman–Crippen MR) is 122 cm³/mol. The van der Waals surface area contributed by atoms with E-state index in [2.05, 4.69) is 32.4 Å². The van der Waals surface area contributed by atoms with Crippen LogP contribution in [0.15, 0.2) is 12.2 Å². The van der Waals surface area contributed by atoms with Gasteiger partial charge < -0.3 is 0 Å². The van der Waals surface area contributed by atoms with Crippen LogP contribution in [0.5, 0.6) is 0 Å². The van der Waals surface area contributed by atoms with Gasteiger partial charge in [0.1, 0.15) is 0 Å². The van der Waals surface area contributed by atoms with E-state index in [0.29, 0.717) is 5.52 Å². The van der Waals surface area contributed by atoms with Crippen LogP contribution in [0.3, 0.4) is 0 Å². The largest absolute Gasteiger partial charge is 0.295 e. The molecule has 0 N–H and O–H groups in total. The third-order valence-corrected chi connectivity index (χ3v) is 6.37. The summed E-state index contributed by atoms with van der Waals surface area (Å²) >= 11 is 0. The molecular formula is C24H47OP. The highest BCUT2D eigenvalue weighted by atomic mass is 31.1. The quantitative estimate of drug-likeness (QED) is 0.117. The SMILES string of the molecule is CCCCCCCCC=CCCCCCCCCCCCC(=O)P(C)C. The minimum atomic E-state index is -0.351. The number of carbonyl (C=O) groups is 1. The monoisotopic (exact) mass is 382 g/mol. The van der Waals surface area contributed by atoms with Crippen LogP contribution in [-0.4, -0.2) is 18.9 Å². The fraction of sp³-hybridized carbons (Fsp3) is 0.875. The highest BCUT2D eigenvalue weighted by Gasteiger charge is 2.05. The lowest BCUT2D eigenvalue weighted by Gasteiger charge is -2.04. The summed E-state index contributed by atoms with van der Waals surface area (Å²) in [4.78, 5) is 11.5. The van der Waals surface area contributed by atoms with Crippen molar-refractivity contribution < 1.29 is 4.79 Å². The van der Waals surface area contributed by atoms with Gasteiger partial charge in [0.05, 0.1) is 0 Å². The zero-order valence-corrected chi connectivity index (χ0v) is 19.1. The standard InChI is InChI=1S/C24H47OP/c1-4-5-6-7-8-9-10-11-12-13-14-15-16-17-18-19-20-21-22-23-24(25)26(2)3/h11-12H,4-10,13-23H2,1-3H3. The Morgan fingerprint density at radius 3 is 1.42 bits per heavy atom. The molecule has 1 nitrogen and oxygen atoms in total. The fourth-order valence-corrected chi connectivity index (χ4v) is 3.88. The Morgan fingerprint density at radius 1 is 0.615 bits per heavy atom. The minimum absolute atomic E-state index is 0.351. The summed E-state index contributed by atoms with van der Waals surface area (Å²) in [6.07, 6.45) is 28.6. The topological polar surface area (TPSA) is 17.1 Å². The average molecular weight is 383 g/mol. The van der Waals surface area contributed by atoms with Gasteiger partial charge in [0.25, 0.3) is 0 Å². The van der Waals surface area contributed by atoms with Gasteiger partial charge in [0, 0.05) is 6.42 Å². The van der Waals surface area contributed by atoms with Gasteiger partial charge in [-0.1, -0.05) is 96.1 Å². The van der Waals surface area contributed by atoms with Gasteiger partial charge in [-0.2, -0.15) is 0 Å². The van der Waals surface area contributed by atoms with Crippen LogP contribution in [0.1, 0.15) is 122 Å². The van der Waals surface area contributed by atoms with Gasteiger partial charge in [-0.05, 0) is 53.4 Å². The van der Waals surface area contributed by atoms with E-state index in [0.717, 1.165) is 12.8 Å². The maximum Gasteiger partial charge on any atom is 0.153 e. The van der Waals surface area contributed by atoms with Crippen LogP contribution in [0, 0.1) is 0 Å². The molecule has 0 aliphatic carbocycles. The molecule has 0 heterocycles. The molecule has 0 rings (SSSR count). The Bertz CT molecular complexity index is 322. The molecule has 26 heavy (non-hydrogen) atoms. The Kier molecular flexibility index (Phi) is 21.0. The van der Waals surface area contributed by atoms with E-state index < -0.39 is 0 Å². The van der Waals surface area contributed by atoms with Crippen LogP contribution in [0.4, 0.5) is 0 Å². The van der Waals surface area contributed by atoms with Gasteiger partial charge in [-0.15, -0.1) is 0 Å². The van der Waals surface area contributed by atoms with Crippen molar-refractivity contribution in [1.82, 2.24) is 0 Å². The first-order valence-electron chi connectivity index (χ1n) is 11.5. The van der Waals surface area contributed by atoms with Crippen molar-refractivity contribution in [3.63, 3.8) is 0 Å². The van der Waals surface area contributed by atoms with E-state index in [4.69, 9.17) is 0 Å². The molecule has 0 aromatic heterocycles. The normalized spacial score (nSPS) is 11.7. The van der Waals surface area contributed by atoms with Gasteiger partial charge in [-0.3, -0.25) is 4.79 Å². The number of allylic oxidation sites excluding steroid dienone is 2. The average Bonchev–Trinajstić information content (AvgIpc) is 2.63. The van der Waals surface area contributed by atoms with E-state index >= 15 is 0 Å².